The van der Waals surface area contributed by atoms with E-state index in [4.69, 9.17) is 9.47 Å². The summed E-state index contributed by atoms with van der Waals surface area (Å²) in [4.78, 5) is 28.1. The van der Waals surface area contributed by atoms with Crippen LogP contribution in [0.3, 0.4) is 0 Å². The molecule has 0 aliphatic rings. The fourth-order valence-electron chi connectivity index (χ4n) is 2.69. The van der Waals surface area contributed by atoms with E-state index in [1.165, 1.54) is 0 Å². The predicted molar refractivity (Wildman–Crippen MR) is 95.1 cm³/mol. The highest BCUT2D eigenvalue weighted by Crippen LogP contribution is 2.22. The van der Waals surface area contributed by atoms with Crippen molar-refractivity contribution >= 4 is 22.7 Å². The van der Waals surface area contributed by atoms with Gasteiger partial charge in [-0.25, -0.2) is 4.79 Å². The number of Topliss-reactive ketones (excluding diaryl/α,β-unsaturated/α-hetero) is 1. The molecule has 0 amide bonds. The highest BCUT2D eigenvalue weighted by Gasteiger charge is 2.24. The molecular weight excluding hydrogens is 318 g/mol. The molecule has 1 aromatic heterocycles. The molecule has 128 valence electrons. The SMILES string of the molecule is CCOc1ccccc1C(=O)O[C@@H](C)C(=O)c1c[nH]c2ccccc12. The number of fused-ring (bicyclic) bond motifs is 1. The number of H-pyrrole nitrogens is 1. The summed E-state index contributed by atoms with van der Waals surface area (Å²) in [5.41, 5.74) is 1.68. The van der Waals surface area contributed by atoms with Crippen molar-refractivity contribution in [2.24, 2.45) is 0 Å². The second-order valence-electron chi connectivity index (χ2n) is 5.59. The second-order valence-corrected chi connectivity index (χ2v) is 5.59. The first kappa shape index (κ1) is 16.8. The van der Waals surface area contributed by atoms with Crippen molar-refractivity contribution in [2.75, 3.05) is 6.61 Å². The predicted octanol–water partition coefficient (Wildman–Crippen LogP) is 3.99. The average molecular weight is 337 g/mol. The van der Waals surface area contributed by atoms with Gasteiger partial charge < -0.3 is 14.5 Å². The van der Waals surface area contributed by atoms with E-state index >= 15 is 0 Å². The summed E-state index contributed by atoms with van der Waals surface area (Å²) in [6, 6.07) is 14.3. The van der Waals surface area contributed by atoms with Gasteiger partial charge in [0.05, 0.1) is 6.61 Å². The number of aromatic amines is 1. The molecule has 0 fully saturated rings. The van der Waals surface area contributed by atoms with Crippen molar-refractivity contribution in [3.63, 3.8) is 0 Å². The lowest BCUT2D eigenvalue weighted by atomic mass is 10.1. The Hall–Kier alpha value is -3.08. The van der Waals surface area contributed by atoms with E-state index in [1.54, 1.807) is 37.4 Å². The third kappa shape index (κ3) is 3.40. The molecule has 3 rings (SSSR count). The molecule has 0 aliphatic heterocycles. The number of benzene rings is 2. The largest absolute Gasteiger partial charge is 0.493 e. The number of ether oxygens (including phenoxy) is 2. The van der Waals surface area contributed by atoms with Gasteiger partial charge in [0.25, 0.3) is 0 Å². The first-order valence-corrected chi connectivity index (χ1v) is 8.15. The van der Waals surface area contributed by atoms with Crippen molar-refractivity contribution in [1.82, 2.24) is 4.98 Å². The maximum absolute atomic E-state index is 12.7. The Labute approximate surface area is 145 Å². The molecule has 0 unspecified atom stereocenters. The molecule has 1 heterocycles. The monoisotopic (exact) mass is 337 g/mol. The van der Waals surface area contributed by atoms with Gasteiger partial charge in [0.2, 0.25) is 5.78 Å². The van der Waals surface area contributed by atoms with Crippen molar-refractivity contribution in [1.29, 1.82) is 0 Å². The summed E-state index contributed by atoms with van der Waals surface area (Å²) in [5, 5.41) is 0.810. The number of esters is 1. The zero-order chi connectivity index (χ0) is 17.8. The molecular formula is C20H19NO4. The van der Waals surface area contributed by atoms with Crippen LogP contribution in [0.2, 0.25) is 0 Å². The maximum Gasteiger partial charge on any atom is 0.342 e. The Kier molecular flexibility index (Phi) is 4.84. The second kappa shape index (κ2) is 7.21. The quantitative estimate of drug-likeness (QED) is 0.545. The number of para-hydroxylation sites is 2. The Balaban J connectivity index is 1.79. The minimum atomic E-state index is -0.901. The summed E-state index contributed by atoms with van der Waals surface area (Å²) >= 11 is 0. The number of carbonyl (C=O) groups excluding carboxylic acids is 2. The van der Waals surface area contributed by atoms with E-state index in [2.05, 4.69) is 4.98 Å². The topological polar surface area (TPSA) is 68.4 Å². The summed E-state index contributed by atoms with van der Waals surface area (Å²) in [7, 11) is 0. The number of rotatable bonds is 6. The first-order valence-electron chi connectivity index (χ1n) is 8.15. The van der Waals surface area contributed by atoms with E-state index in [0.717, 1.165) is 10.9 Å². The van der Waals surface area contributed by atoms with Crippen molar-refractivity contribution in [3.8, 4) is 5.75 Å². The van der Waals surface area contributed by atoms with E-state index in [9.17, 15) is 9.59 Å². The van der Waals surface area contributed by atoms with Crippen molar-refractivity contribution in [3.05, 3.63) is 65.9 Å². The smallest absolute Gasteiger partial charge is 0.342 e. The van der Waals surface area contributed by atoms with Crippen LogP contribution < -0.4 is 4.74 Å². The van der Waals surface area contributed by atoms with E-state index in [0.29, 0.717) is 23.5 Å². The summed E-state index contributed by atoms with van der Waals surface area (Å²) in [6.07, 6.45) is 0.743. The van der Waals surface area contributed by atoms with Gasteiger partial charge in [0.15, 0.2) is 6.10 Å². The van der Waals surface area contributed by atoms with Crippen LogP contribution in [-0.2, 0) is 4.74 Å². The zero-order valence-electron chi connectivity index (χ0n) is 14.1. The lowest BCUT2D eigenvalue weighted by Gasteiger charge is -2.14. The zero-order valence-corrected chi connectivity index (χ0v) is 14.1. The molecule has 0 saturated carbocycles. The highest BCUT2D eigenvalue weighted by molar-refractivity contribution is 6.10. The molecule has 5 nitrogen and oxygen atoms in total. The lowest BCUT2D eigenvalue weighted by Crippen LogP contribution is -2.24. The normalized spacial score (nSPS) is 11.9. The number of hydrogen-bond acceptors (Lipinski definition) is 4. The third-order valence-corrected chi connectivity index (χ3v) is 3.91. The summed E-state index contributed by atoms with van der Waals surface area (Å²) in [5.74, 6) is -0.383. The standard InChI is InChI=1S/C20H19NO4/c1-3-24-18-11-7-5-9-15(18)20(23)25-13(2)19(22)16-12-21-17-10-6-4-8-14(16)17/h4-13,21H,3H2,1-2H3/t13-/m0/s1. The molecule has 1 atom stereocenters. The van der Waals surface area contributed by atoms with E-state index in [-0.39, 0.29) is 5.78 Å². The fraction of sp³-hybridized carbons (Fsp3) is 0.200. The molecule has 1 N–H and O–H groups in total. The maximum atomic E-state index is 12.7. The minimum Gasteiger partial charge on any atom is -0.493 e. The van der Waals surface area contributed by atoms with E-state index < -0.39 is 12.1 Å². The summed E-state index contributed by atoms with van der Waals surface area (Å²) in [6.45, 7) is 3.85. The van der Waals surface area contributed by atoms with Crippen LogP contribution >= 0.6 is 0 Å². The van der Waals surface area contributed by atoms with Crippen LogP contribution in [0.5, 0.6) is 5.75 Å². The molecule has 0 bridgehead atoms. The van der Waals surface area contributed by atoms with Gasteiger partial charge >= 0.3 is 5.97 Å². The van der Waals surface area contributed by atoms with Crippen molar-refractivity contribution in [2.45, 2.75) is 20.0 Å². The van der Waals surface area contributed by atoms with E-state index in [1.807, 2.05) is 31.2 Å². The van der Waals surface area contributed by atoms with Crippen LogP contribution in [-0.4, -0.2) is 29.4 Å². The number of carbonyl (C=O) groups is 2. The highest BCUT2D eigenvalue weighted by atomic mass is 16.5. The molecule has 0 radical (unpaired) electrons. The van der Waals surface area contributed by atoms with Crippen LogP contribution in [0.15, 0.2) is 54.7 Å². The number of ketones is 1. The molecule has 2 aromatic carbocycles. The Bertz CT molecular complexity index is 913. The van der Waals surface area contributed by atoms with Crippen LogP contribution in [0.4, 0.5) is 0 Å². The lowest BCUT2D eigenvalue weighted by molar-refractivity contribution is 0.0316. The van der Waals surface area contributed by atoms with Crippen molar-refractivity contribution < 1.29 is 19.1 Å². The van der Waals surface area contributed by atoms with Gasteiger partial charge in [-0.15, -0.1) is 0 Å². The molecule has 25 heavy (non-hydrogen) atoms. The Morgan fingerprint density at radius 1 is 1.04 bits per heavy atom. The van der Waals surface area contributed by atoms with Crippen LogP contribution in [0, 0.1) is 0 Å². The fourth-order valence-corrected chi connectivity index (χ4v) is 2.69. The van der Waals surface area contributed by atoms with Gasteiger partial charge in [-0.2, -0.15) is 0 Å². The first-order chi connectivity index (χ1) is 12.1. The molecule has 0 spiro atoms. The molecule has 3 aromatic rings. The number of aromatic nitrogens is 1. The molecule has 0 aliphatic carbocycles. The minimum absolute atomic E-state index is 0.250. The van der Waals surface area contributed by atoms with Gasteiger partial charge in [0, 0.05) is 22.7 Å². The number of nitrogens with one attached hydrogen (secondary N) is 1. The van der Waals surface area contributed by atoms with Gasteiger partial charge in [0.1, 0.15) is 11.3 Å². The third-order valence-electron chi connectivity index (χ3n) is 3.91. The van der Waals surface area contributed by atoms with Gasteiger partial charge in [-0.05, 0) is 32.0 Å². The van der Waals surface area contributed by atoms with Gasteiger partial charge in [-0.1, -0.05) is 30.3 Å². The number of hydrogen-bond donors (Lipinski definition) is 1. The molecule has 0 saturated heterocycles. The van der Waals surface area contributed by atoms with Crippen LogP contribution in [0.25, 0.3) is 10.9 Å². The van der Waals surface area contributed by atoms with Gasteiger partial charge in [-0.3, -0.25) is 4.79 Å². The van der Waals surface area contributed by atoms with Crippen LogP contribution in [0.1, 0.15) is 34.6 Å². The molecule has 5 heteroatoms. The Morgan fingerprint density at radius 3 is 2.56 bits per heavy atom. The summed E-state index contributed by atoms with van der Waals surface area (Å²) < 4.78 is 10.8. The Morgan fingerprint density at radius 2 is 1.76 bits per heavy atom. The average Bonchev–Trinajstić information content (AvgIpc) is 3.05.